The van der Waals surface area contributed by atoms with Crippen molar-refractivity contribution in [3.63, 3.8) is 0 Å². The van der Waals surface area contributed by atoms with Crippen molar-refractivity contribution in [1.82, 2.24) is 0 Å². The second-order valence-corrected chi connectivity index (χ2v) is 4.07. The van der Waals surface area contributed by atoms with Gasteiger partial charge in [-0.1, -0.05) is 23.2 Å². The third-order valence-electron chi connectivity index (χ3n) is 2.17. The molecule has 90 valence electrons. The van der Waals surface area contributed by atoms with E-state index in [1.807, 2.05) is 19.1 Å². The lowest BCUT2D eigenvalue weighted by atomic mass is 10.0. The maximum Gasteiger partial charge on any atom is 0.137 e. The highest BCUT2D eigenvalue weighted by atomic mass is 35.5. The van der Waals surface area contributed by atoms with Gasteiger partial charge in [0, 0.05) is 6.04 Å². The molecule has 0 bridgehead atoms. The second-order valence-electron chi connectivity index (χ2n) is 3.66. The van der Waals surface area contributed by atoms with Gasteiger partial charge in [0.15, 0.2) is 0 Å². The molecule has 0 fully saturated rings. The molecule has 0 amide bonds. The van der Waals surface area contributed by atoms with E-state index < -0.39 is 0 Å². The third kappa shape index (κ3) is 4.05. The summed E-state index contributed by atoms with van der Waals surface area (Å²) in [6.07, 6.45) is 0.769. The van der Waals surface area contributed by atoms with Crippen LogP contribution >= 0.6 is 24.0 Å². The number of nitrogens with two attached hydrogens (primary N) is 1. The van der Waals surface area contributed by atoms with Crippen LogP contribution in [0.15, 0.2) is 30.4 Å². The molecule has 0 aliphatic heterocycles. The zero-order chi connectivity index (χ0) is 11.4. The highest BCUT2D eigenvalue weighted by molar-refractivity contribution is 6.32. The Labute approximate surface area is 108 Å². The van der Waals surface area contributed by atoms with Crippen LogP contribution in [-0.4, -0.2) is 7.11 Å². The quantitative estimate of drug-likeness (QED) is 0.839. The number of hydrogen-bond acceptors (Lipinski definition) is 2. The summed E-state index contributed by atoms with van der Waals surface area (Å²) < 4.78 is 5.13. The van der Waals surface area contributed by atoms with Crippen molar-refractivity contribution in [1.29, 1.82) is 0 Å². The lowest BCUT2D eigenvalue weighted by Gasteiger charge is -2.13. The van der Waals surface area contributed by atoms with Crippen LogP contribution in [0.5, 0.6) is 5.75 Å². The molecule has 0 radical (unpaired) electrons. The number of ether oxygens (including phenoxy) is 1. The summed E-state index contributed by atoms with van der Waals surface area (Å²) in [4.78, 5) is 0. The van der Waals surface area contributed by atoms with E-state index >= 15 is 0 Å². The first-order valence-corrected chi connectivity index (χ1v) is 5.15. The van der Waals surface area contributed by atoms with E-state index in [9.17, 15) is 0 Å². The number of rotatable bonds is 4. The van der Waals surface area contributed by atoms with Gasteiger partial charge in [0.05, 0.1) is 12.1 Å². The lowest BCUT2D eigenvalue weighted by molar-refractivity contribution is 0.414. The van der Waals surface area contributed by atoms with Gasteiger partial charge in [-0.2, -0.15) is 0 Å². The maximum atomic E-state index is 6.01. The largest absolute Gasteiger partial charge is 0.495 e. The summed E-state index contributed by atoms with van der Waals surface area (Å²) in [7, 11) is 1.59. The Morgan fingerprint density at radius 3 is 2.69 bits per heavy atom. The standard InChI is InChI=1S/C12H16ClNO.ClH/c1-8(2)6-11(14)9-4-5-10(13)12(7-9)15-3;/h4-5,7,11H,1,6,14H2,2-3H3;1H/t11-;/m0./s1. The molecule has 2 N–H and O–H groups in total. The van der Waals surface area contributed by atoms with Crippen LogP contribution in [-0.2, 0) is 0 Å². The minimum absolute atomic E-state index is 0. The maximum absolute atomic E-state index is 6.01. The molecule has 0 heterocycles. The Hall–Kier alpha value is -0.700. The van der Waals surface area contributed by atoms with Crippen LogP contribution in [0, 0.1) is 0 Å². The zero-order valence-corrected chi connectivity index (χ0v) is 11.1. The molecule has 0 spiro atoms. The first kappa shape index (κ1) is 15.3. The molecule has 0 unspecified atom stereocenters. The normalized spacial score (nSPS) is 11.5. The van der Waals surface area contributed by atoms with Gasteiger partial charge in [-0.3, -0.25) is 0 Å². The molecule has 4 heteroatoms. The van der Waals surface area contributed by atoms with Gasteiger partial charge in [0.25, 0.3) is 0 Å². The molecule has 1 aromatic rings. The van der Waals surface area contributed by atoms with Gasteiger partial charge in [-0.25, -0.2) is 0 Å². The summed E-state index contributed by atoms with van der Waals surface area (Å²) in [5.74, 6) is 0.659. The van der Waals surface area contributed by atoms with Crippen molar-refractivity contribution in [2.75, 3.05) is 7.11 Å². The van der Waals surface area contributed by atoms with Gasteiger partial charge in [0.2, 0.25) is 0 Å². The fourth-order valence-corrected chi connectivity index (χ4v) is 1.59. The fraction of sp³-hybridized carbons (Fsp3) is 0.333. The third-order valence-corrected chi connectivity index (χ3v) is 2.48. The van der Waals surface area contributed by atoms with E-state index in [4.69, 9.17) is 22.1 Å². The van der Waals surface area contributed by atoms with Gasteiger partial charge < -0.3 is 10.5 Å². The molecule has 0 aliphatic carbocycles. The summed E-state index contributed by atoms with van der Waals surface area (Å²) in [5.41, 5.74) is 8.09. The number of benzene rings is 1. The SMILES string of the molecule is C=C(C)C[C@H](N)c1ccc(Cl)c(OC)c1.Cl. The fourth-order valence-electron chi connectivity index (χ4n) is 1.40. The Kier molecular flexibility index (Phi) is 6.49. The Bertz CT molecular complexity index is 366. The van der Waals surface area contributed by atoms with Crippen molar-refractivity contribution in [3.8, 4) is 5.75 Å². The van der Waals surface area contributed by atoms with Crippen molar-refractivity contribution in [3.05, 3.63) is 40.9 Å². The average molecular weight is 262 g/mol. The number of halogens is 2. The Morgan fingerprint density at radius 1 is 1.56 bits per heavy atom. The minimum atomic E-state index is -0.0475. The molecule has 16 heavy (non-hydrogen) atoms. The van der Waals surface area contributed by atoms with Crippen molar-refractivity contribution >= 4 is 24.0 Å². The minimum Gasteiger partial charge on any atom is -0.495 e. The van der Waals surface area contributed by atoms with Gasteiger partial charge in [-0.15, -0.1) is 19.0 Å². The zero-order valence-electron chi connectivity index (χ0n) is 9.50. The van der Waals surface area contributed by atoms with E-state index in [-0.39, 0.29) is 18.4 Å². The van der Waals surface area contributed by atoms with E-state index in [1.54, 1.807) is 13.2 Å². The summed E-state index contributed by atoms with van der Waals surface area (Å²) in [6, 6.07) is 5.54. The molecule has 1 aromatic carbocycles. The predicted molar refractivity (Wildman–Crippen MR) is 71.6 cm³/mol. The summed E-state index contributed by atoms with van der Waals surface area (Å²) in [5, 5.41) is 0.601. The van der Waals surface area contributed by atoms with Crippen molar-refractivity contribution < 1.29 is 4.74 Å². The van der Waals surface area contributed by atoms with Crippen LogP contribution < -0.4 is 10.5 Å². The molecule has 0 saturated carbocycles. The van der Waals surface area contributed by atoms with Crippen LogP contribution in [0.25, 0.3) is 0 Å². The molecule has 2 nitrogen and oxygen atoms in total. The molecule has 1 rings (SSSR count). The van der Waals surface area contributed by atoms with E-state index in [0.717, 1.165) is 17.6 Å². The molecular formula is C12H17Cl2NO. The first-order valence-electron chi connectivity index (χ1n) is 4.78. The lowest BCUT2D eigenvalue weighted by Crippen LogP contribution is -2.10. The van der Waals surface area contributed by atoms with Crippen molar-refractivity contribution in [2.24, 2.45) is 5.73 Å². The second kappa shape index (κ2) is 6.79. The van der Waals surface area contributed by atoms with E-state index in [0.29, 0.717) is 10.8 Å². The van der Waals surface area contributed by atoms with Gasteiger partial charge in [0.1, 0.15) is 5.75 Å². The Balaban J connectivity index is 0.00000225. The molecule has 0 saturated heterocycles. The molecule has 0 aromatic heterocycles. The molecule has 1 atom stereocenters. The van der Waals surface area contributed by atoms with Crippen molar-refractivity contribution in [2.45, 2.75) is 19.4 Å². The smallest absolute Gasteiger partial charge is 0.137 e. The monoisotopic (exact) mass is 261 g/mol. The number of methoxy groups -OCH3 is 1. The topological polar surface area (TPSA) is 35.2 Å². The number of hydrogen-bond donors (Lipinski definition) is 1. The predicted octanol–water partition coefficient (Wildman–Crippen LogP) is 3.74. The van der Waals surface area contributed by atoms with Crippen LogP contribution in [0.4, 0.5) is 0 Å². The summed E-state index contributed by atoms with van der Waals surface area (Å²) in [6.45, 7) is 5.81. The van der Waals surface area contributed by atoms with Crippen LogP contribution in [0.3, 0.4) is 0 Å². The van der Waals surface area contributed by atoms with Crippen LogP contribution in [0.1, 0.15) is 24.9 Å². The van der Waals surface area contributed by atoms with E-state index in [1.165, 1.54) is 0 Å². The van der Waals surface area contributed by atoms with Gasteiger partial charge in [-0.05, 0) is 31.0 Å². The van der Waals surface area contributed by atoms with E-state index in [2.05, 4.69) is 6.58 Å². The average Bonchev–Trinajstić information content (AvgIpc) is 2.17. The first-order chi connectivity index (χ1) is 7.04. The highest BCUT2D eigenvalue weighted by Crippen LogP contribution is 2.28. The molecular weight excluding hydrogens is 245 g/mol. The summed E-state index contributed by atoms with van der Waals surface area (Å²) >= 11 is 5.92. The highest BCUT2D eigenvalue weighted by Gasteiger charge is 2.09. The Morgan fingerprint density at radius 2 is 2.19 bits per heavy atom. The molecule has 0 aliphatic rings. The van der Waals surface area contributed by atoms with Gasteiger partial charge >= 0.3 is 0 Å². The van der Waals surface area contributed by atoms with Crippen LogP contribution in [0.2, 0.25) is 5.02 Å².